The molecule has 4 aliphatic carbocycles. The van der Waals surface area contributed by atoms with Crippen LogP contribution in [-0.2, 0) is 9.47 Å². The first-order valence-electron chi connectivity index (χ1n) is 17.4. The highest BCUT2D eigenvalue weighted by Crippen LogP contribution is 2.76. The molecular weight excluding hydrogens is 576 g/mol. The van der Waals surface area contributed by atoms with Crippen LogP contribution in [0.1, 0.15) is 107 Å². The molecule has 10 unspecified atom stereocenters. The van der Waals surface area contributed by atoms with Crippen molar-refractivity contribution in [2.45, 2.75) is 161 Å². The molecule has 5 aliphatic rings. The van der Waals surface area contributed by atoms with E-state index in [2.05, 4.69) is 40.7 Å². The number of hydrogen-bond acceptors (Lipinski definition) is 9. The summed E-state index contributed by atoms with van der Waals surface area (Å²) >= 11 is 0. The summed E-state index contributed by atoms with van der Waals surface area (Å²) in [7, 11) is 0. The molecule has 0 aromatic heterocycles. The monoisotopic (exact) mass is 638 g/mol. The minimum absolute atomic E-state index is 0.0692. The van der Waals surface area contributed by atoms with Crippen molar-refractivity contribution < 1.29 is 45.2 Å². The molecule has 9 nitrogen and oxygen atoms in total. The summed E-state index contributed by atoms with van der Waals surface area (Å²) in [6, 6.07) is 0. The zero-order chi connectivity index (χ0) is 33.5. The molecule has 1 aliphatic heterocycles. The van der Waals surface area contributed by atoms with Crippen LogP contribution in [0.15, 0.2) is 11.6 Å². The van der Waals surface area contributed by atoms with E-state index in [4.69, 9.17) is 9.47 Å². The average molecular weight is 639 g/mol. The second-order valence-electron chi connectivity index (χ2n) is 17.4. The lowest BCUT2D eigenvalue weighted by Crippen LogP contribution is -2.70. The van der Waals surface area contributed by atoms with Crippen molar-refractivity contribution in [1.29, 1.82) is 0 Å². The summed E-state index contributed by atoms with van der Waals surface area (Å²) in [6.07, 6.45) is -0.678. The van der Waals surface area contributed by atoms with Gasteiger partial charge < -0.3 is 45.2 Å². The molecule has 0 radical (unpaired) electrons. The maximum absolute atomic E-state index is 12.2. The summed E-state index contributed by atoms with van der Waals surface area (Å²) < 4.78 is 12.6. The smallest absolute Gasteiger partial charge is 0.187 e. The Labute approximate surface area is 270 Å². The summed E-state index contributed by atoms with van der Waals surface area (Å²) in [5, 5.41) is 76.9. The third-order valence-corrected chi connectivity index (χ3v) is 14.5. The molecule has 0 amide bonds. The molecule has 5 rings (SSSR count). The van der Waals surface area contributed by atoms with Gasteiger partial charge in [0.1, 0.15) is 24.4 Å². The molecule has 0 spiro atoms. The predicted octanol–water partition coefficient (Wildman–Crippen LogP) is 3.30. The average Bonchev–Trinajstić information content (AvgIpc) is 3.33. The molecule has 9 heteroatoms. The quantitative estimate of drug-likeness (QED) is 0.208. The molecule has 0 bridgehead atoms. The Morgan fingerprint density at radius 2 is 1.56 bits per heavy atom. The lowest BCUT2D eigenvalue weighted by molar-refractivity contribution is -0.336. The summed E-state index contributed by atoms with van der Waals surface area (Å²) in [6.45, 7) is 16.7. The molecule has 0 aromatic rings. The number of allylic oxidation sites excluding steroid dienone is 2. The minimum Gasteiger partial charge on any atom is -0.394 e. The molecule has 0 aromatic carbocycles. The number of fused-ring (bicyclic) bond motifs is 5. The Kier molecular flexibility index (Phi) is 9.56. The van der Waals surface area contributed by atoms with E-state index < -0.39 is 66.6 Å². The molecule has 45 heavy (non-hydrogen) atoms. The second-order valence-corrected chi connectivity index (χ2v) is 17.4. The van der Waals surface area contributed by atoms with E-state index in [0.717, 1.165) is 19.3 Å². The van der Waals surface area contributed by atoms with Gasteiger partial charge in [0.15, 0.2) is 6.29 Å². The van der Waals surface area contributed by atoms with Gasteiger partial charge in [0.2, 0.25) is 0 Å². The molecule has 1 heterocycles. The third kappa shape index (κ3) is 5.39. The van der Waals surface area contributed by atoms with E-state index in [1.54, 1.807) is 0 Å². The lowest BCUT2D eigenvalue weighted by Gasteiger charge is -2.71. The first-order valence-corrected chi connectivity index (χ1v) is 17.4. The lowest BCUT2D eigenvalue weighted by atomic mass is 9.34. The molecule has 16 atom stereocenters. The van der Waals surface area contributed by atoms with E-state index in [9.17, 15) is 35.7 Å². The van der Waals surface area contributed by atoms with Gasteiger partial charge in [-0.2, -0.15) is 0 Å². The van der Waals surface area contributed by atoms with Crippen molar-refractivity contribution in [1.82, 2.24) is 0 Å². The van der Waals surface area contributed by atoms with E-state index in [1.165, 1.54) is 5.57 Å². The second kappa shape index (κ2) is 12.1. The Hall–Kier alpha value is -0.620. The van der Waals surface area contributed by atoms with Gasteiger partial charge in [-0.15, -0.1) is 0 Å². The van der Waals surface area contributed by atoms with Crippen LogP contribution in [0.3, 0.4) is 0 Å². The largest absolute Gasteiger partial charge is 0.394 e. The summed E-state index contributed by atoms with van der Waals surface area (Å²) in [4.78, 5) is 0. The van der Waals surface area contributed by atoms with Crippen molar-refractivity contribution in [3.63, 3.8) is 0 Å². The maximum atomic E-state index is 12.2. The van der Waals surface area contributed by atoms with E-state index in [0.29, 0.717) is 32.1 Å². The topological polar surface area (TPSA) is 160 Å². The number of ether oxygens (including phenoxy) is 2. The standard InChI is InChI=1S/C36H62O9/c1-19(2)10-9-13-36(8,45-31-29(43)28(42)27(41)23(18-37)44-31)20-11-15-34(6)26(20)21(38)16-24-33(5)14-12-25(40)32(3,4)30(33)22(39)17-35(24,34)7/h10,20-31,37-43H,9,11-18H2,1-8H3/t20?,21?,22-,23+,24?,25?,26?,27+,28-,29+,30?,31?,33?,34?,35?,36-/m0/s1. The van der Waals surface area contributed by atoms with Gasteiger partial charge in [-0.1, -0.05) is 46.3 Å². The van der Waals surface area contributed by atoms with Gasteiger partial charge in [-0.25, -0.2) is 0 Å². The van der Waals surface area contributed by atoms with Gasteiger partial charge in [0.25, 0.3) is 0 Å². The molecule has 5 fully saturated rings. The molecular formula is C36H62O9. The van der Waals surface area contributed by atoms with Crippen LogP contribution in [0.2, 0.25) is 0 Å². The Morgan fingerprint density at radius 1 is 0.889 bits per heavy atom. The normalized spacial score (nSPS) is 52.2. The molecule has 260 valence electrons. The van der Waals surface area contributed by atoms with Crippen LogP contribution in [0.4, 0.5) is 0 Å². The molecule has 1 saturated heterocycles. The number of hydrogen-bond donors (Lipinski definition) is 7. The fourth-order valence-corrected chi connectivity index (χ4v) is 12.0. The Balaban J connectivity index is 1.51. The minimum atomic E-state index is -1.53. The van der Waals surface area contributed by atoms with E-state index in [-0.39, 0.29) is 39.9 Å². The number of aliphatic hydroxyl groups is 7. The Morgan fingerprint density at radius 3 is 2.18 bits per heavy atom. The van der Waals surface area contributed by atoms with Crippen LogP contribution in [0, 0.1) is 45.3 Å². The fourth-order valence-electron chi connectivity index (χ4n) is 12.0. The van der Waals surface area contributed by atoms with Crippen molar-refractivity contribution >= 4 is 0 Å². The van der Waals surface area contributed by atoms with Crippen LogP contribution < -0.4 is 0 Å². The van der Waals surface area contributed by atoms with Crippen molar-refractivity contribution in [2.75, 3.05) is 6.61 Å². The highest BCUT2D eigenvalue weighted by atomic mass is 16.7. The number of aliphatic hydroxyl groups excluding tert-OH is 7. The van der Waals surface area contributed by atoms with Crippen molar-refractivity contribution in [2.24, 2.45) is 45.3 Å². The molecule has 4 saturated carbocycles. The van der Waals surface area contributed by atoms with Crippen LogP contribution >= 0.6 is 0 Å². The van der Waals surface area contributed by atoms with Crippen LogP contribution in [0.25, 0.3) is 0 Å². The van der Waals surface area contributed by atoms with Gasteiger partial charge in [0.05, 0.1) is 30.5 Å². The number of rotatable bonds is 7. The summed E-state index contributed by atoms with van der Waals surface area (Å²) in [5.41, 5.74) is -0.944. The Bertz CT molecular complexity index is 1110. The van der Waals surface area contributed by atoms with E-state index >= 15 is 0 Å². The van der Waals surface area contributed by atoms with Crippen LogP contribution in [-0.4, -0.2) is 97.0 Å². The van der Waals surface area contributed by atoms with Crippen molar-refractivity contribution in [3.8, 4) is 0 Å². The first kappa shape index (κ1) is 35.7. The highest BCUT2D eigenvalue weighted by molar-refractivity contribution is 5.21. The SMILES string of the molecule is CC(C)=CCC[C@](C)(OC1O[C@H](CO)[C@@H](O)[C@H](O)[C@H]1O)C1CCC2(C)C1C(O)CC1C3(C)CCC(O)C(C)(C)C3[C@@H](O)CC12C. The zero-order valence-electron chi connectivity index (χ0n) is 28.8. The van der Waals surface area contributed by atoms with Crippen LogP contribution in [0.5, 0.6) is 0 Å². The molecule has 7 N–H and O–H groups in total. The summed E-state index contributed by atoms with van der Waals surface area (Å²) in [5.74, 6) is -0.154. The fraction of sp³-hybridized carbons (Fsp3) is 0.944. The maximum Gasteiger partial charge on any atom is 0.187 e. The van der Waals surface area contributed by atoms with Gasteiger partial charge in [-0.3, -0.25) is 0 Å². The zero-order valence-corrected chi connectivity index (χ0v) is 28.8. The first-order chi connectivity index (χ1) is 20.8. The van der Waals surface area contributed by atoms with E-state index in [1.807, 2.05) is 20.8 Å². The van der Waals surface area contributed by atoms with Gasteiger partial charge in [-0.05, 0) is 117 Å². The third-order valence-electron chi connectivity index (χ3n) is 14.5. The highest BCUT2D eigenvalue weighted by Gasteiger charge is 2.73. The van der Waals surface area contributed by atoms with Gasteiger partial charge in [0, 0.05) is 0 Å². The van der Waals surface area contributed by atoms with Crippen molar-refractivity contribution in [3.05, 3.63) is 11.6 Å². The predicted molar refractivity (Wildman–Crippen MR) is 170 cm³/mol. The van der Waals surface area contributed by atoms with Gasteiger partial charge >= 0.3 is 0 Å².